The maximum atomic E-state index is 11.3. The molecule has 0 aliphatic carbocycles. The molecule has 2 N–H and O–H groups in total. The van der Waals surface area contributed by atoms with E-state index in [9.17, 15) is 13.2 Å². The third-order valence-corrected chi connectivity index (χ3v) is 6.03. The summed E-state index contributed by atoms with van der Waals surface area (Å²) in [5.74, 6) is -0.660. The van der Waals surface area contributed by atoms with Crippen molar-refractivity contribution in [2.24, 2.45) is 0 Å². The van der Waals surface area contributed by atoms with Gasteiger partial charge in [-0.25, -0.2) is 8.42 Å². The van der Waals surface area contributed by atoms with E-state index in [4.69, 9.17) is 5.11 Å². The highest BCUT2D eigenvalue weighted by Gasteiger charge is 2.28. The first kappa shape index (κ1) is 13.6. The average molecular weight is 309 g/mol. The Hall–Kier alpha value is -0.870. The van der Waals surface area contributed by atoms with Gasteiger partial charge < -0.3 is 10.4 Å². The van der Waals surface area contributed by atoms with Crippen molar-refractivity contribution in [1.29, 1.82) is 0 Å². The second-order valence-corrected chi connectivity index (χ2v) is 8.23. The summed E-state index contributed by atoms with van der Waals surface area (Å²) in [6, 6.07) is -0.125. The van der Waals surface area contributed by atoms with Crippen LogP contribution in [0.5, 0.6) is 0 Å². The van der Waals surface area contributed by atoms with E-state index in [1.165, 1.54) is 11.3 Å². The normalized spacial score (nSPS) is 21.9. The lowest BCUT2D eigenvalue weighted by Gasteiger charge is -2.07. The first-order valence-corrected chi connectivity index (χ1v) is 8.72. The molecule has 0 aromatic carbocycles. The number of anilines is 1. The molecule has 18 heavy (non-hydrogen) atoms. The van der Waals surface area contributed by atoms with Gasteiger partial charge in [-0.3, -0.25) is 4.79 Å². The zero-order valence-electron chi connectivity index (χ0n) is 9.20. The number of rotatable bonds is 5. The molecule has 1 fully saturated rings. The van der Waals surface area contributed by atoms with Gasteiger partial charge in [-0.1, -0.05) is 23.1 Å². The zero-order chi connectivity index (χ0) is 13.2. The molecule has 0 bridgehead atoms. The summed E-state index contributed by atoms with van der Waals surface area (Å²) >= 11 is 2.33. The number of aliphatic carboxylic acids is 1. The van der Waals surface area contributed by atoms with Crippen LogP contribution in [0.1, 0.15) is 6.42 Å². The van der Waals surface area contributed by atoms with Crippen molar-refractivity contribution in [3.05, 3.63) is 0 Å². The van der Waals surface area contributed by atoms with E-state index >= 15 is 0 Å². The van der Waals surface area contributed by atoms with Crippen LogP contribution in [0.3, 0.4) is 0 Å². The maximum absolute atomic E-state index is 11.3. The highest BCUT2D eigenvalue weighted by molar-refractivity contribution is 8.01. The molecule has 7 nitrogen and oxygen atoms in total. The minimum atomic E-state index is -2.92. The molecule has 0 spiro atoms. The van der Waals surface area contributed by atoms with Crippen LogP contribution in [-0.2, 0) is 14.6 Å². The van der Waals surface area contributed by atoms with Crippen molar-refractivity contribution in [1.82, 2.24) is 10.2 Å². The molecule has 0 amide bonds. The number of nitrogens with zero attached hydrogens (tertiary/aromatic N) is 2. The number of hydrogen-bond acceptors (Lipinski definition) is 8. The summed E-state index contributed by atoms with van der Waals surface area (Å²) in [6.45, 7) is 0. The van der Waals surface area contributed by atoms with Gasteiger partial charge in [-0.2, -0.15) is 0 Å². The van der Waals surface area contributed by atoms with Gasteiger partial charge in [0.25, 0.3) is 0 Å². The number of hydrogen-bond donors (Lipinski definition) is 2. The minimum absolute atomic E-state index is 0.0631. The monoisotopic (exact) mass is 309 g/mol. The molecule has 0 radical (unpaired) electrons. The van der Waals surface area contributed by atoms with E-state index in [-0.39, 0.29) is 23.3 Å². The molecule has 1 aliphatic rings. The molecule has 1 atom stereocenters. The molecule has 1 aromatic heterocycles. The van der Waals surface area contributed by atoms with Gasteiger partial charge in [-0.15, -0.1) is 10.2 Å². The second kappa shape index (κ2) is 5.41. The van der Waals surface area contributed by atoms with Crippen LogP contribution < -0.4 is 5.32 Å². The van der Waals surface area contributed by atoms with Crippen molar-refractivity contribution in [2.75, 3.05) is 22.6 Å². The maximum Gasteiger partial charge on any atom is 0.313 e. The lowest BCUT2D eigenvalue weighted by atomic mass is 10.3. The Kier molecular flexibility index (Phi) is 4.07. The van der Waals surface area contributed by atoms with E-state index in [2.05, 4.69) is 15.5 Å². The van der Waals surface area contributed by atoms with Crippen molar-refractivity contribution < 1.29 is 18.3 Å². The summed E-state index contributed by atoms with van der Waals surface area (Å²) in [5.41, 5.74) is 0. The first-order chi connectivity index (χ1) is 8.44. The fourth-order valence-electron chi connectivity index (χ4n) is 1.53. The van der Waals surface area contributed by atoms with E-state index < -0.39 is 15.8 Å². The smallest absolute Gasteiger partial charge is 0.313 e. The van der Waals surface area contributed by atoms with Crippen molar-refractivity contribution in [3.8, 4) is 0 Å². The Morgan fingerprint density at radius 2 is 2.33 bits per heavy atom. The molecule has 0 saturated carbocycles. The Bertz CT molecular complexity index is 542. The third kappa shape index (κ3) is 3.82. The van der Waals surface area contributed by atoms with Crippen LogP contribution in [0.4, 0.5) is 5.13 Å². The molecular formula is C8H11N3O4S3. The molecule has 1 unspecified atom stereocenters. The summed E-state index contributed by atoms with van der Waals surface area (Å²) < 4.78 is 23.1. The standard InChI is InChI=1S/C8H11N3O4S3/c12-6(13)3-16-8-11-10-7(17-8)9-5-1-2-18(14,15)4-5/h5H,1-4H2,(H,9,10)(H,12,13). The summed E-state index contributed by atoms with van der Waals surface area (Å²) in [6.07, 6.45) is 0.569. The van der Waals surface area contributed by atoms with Gasteiger partial charge in [0.1, 0.15) is 0 Å². The lowest BCUT2D eigenvalue weighted by molar-refractivity contribution is -0.133. The van der Waals surface area contributed by atoms with E-state index in [0.29, 0.717) is 15.9 Å². The van der Waals surface area contributed by atoms with Crippen LogP contribution in [0, 0.1) is 0 Å². The summed E-state index contributed by atoms with van der Waals surface area (Å²) in [7, 11) is -2.92. The number of carboxylic acid groups (broad SMARTS) is 1. The molecule has 2 heterocycles. The fraction of sp³-hybridized carbons (Fsp3) is 0.625. The highest BCUT2D eigenvalue weighted by Crippen LogP contribution is 2.27. The van der Waals surface area contributed by atoms with Crippen molar-refractivity contribution in [3.63, 3.8) is 0 Å². The minimum Gasteiger partial charge on any atom is -0.481 e. The molecule has 10 heteroatoms. The number of carboxylic acids is 1. The fourth-order valence-corrected chi connectivity index (χ4v) is 4.76. The first-order valence-electron chi connectivity index (χ1n) is 5.10. The van der Waals surface area contributed by atoms with Crippen molar-refractivity contribution in [2.45, 2.75) is 16.8 Å². The average Bonchev–Trinajstić information content (AvgIpc) is 2.83. The predicted octanol–water partition coefficient (Wildman–Crippen LogP) is 0.314. The van der Waals surface area contributed by atoms with Gasteiger partial charge in [0, 0.05) is 6.04 Å². The van der Waals surface area contributed by atoms with Crippen LogP contribution >= 0.6 is 23.1 Å². The second-order valence-electron chi connectivity index (χ2n) is 3.80. The van der Waals surface area contributed by atoms with Crippen molar-refractivity contribution >= 4 is 44.0 Å². The van der Waals surface area contributed by atoms with E-state index in [1.54, 1.807) is 0 Å². The largest absolute Gasteiger partial charge is 0.481 e. The number of aromatic nitrogens is 2. The molecule has 1 aromatic rings. The van der Waals surface area contributed by atoms with Crippen LogP contribution in [0.15, 0.2) is 4.34 Å². The van der Waals surface area contributed by atoms with E-state index in [0.717, 1.165) is 11.8 Å². The SMILES string of the molecule is O=C(O)CSc1nnc(NC2CCS(=O)(=O)C2)s1. The van der Waals surface area contributed by atoms with Crippen LogP contribution in [0.25, 0.3) is 0 Å². The number of carbonyl (C=O) groups is 1. The summed E-state index contributed by atoms with van der Waals surface area (Å²) in [4.78, 5) is 10.4. The quantitative estimate of drug-likeness (QED) is 0.748. The van der Waals surface area contributed by atoms with Gasteiger partial charge in [0.05, 0.1) is 17.3 Å². The Morgan fingerprint density at radius 1 is 1.56 bits per heavy atom. The van der Waals surface area contributed by atoms with E-state index in [1.807, 2.05) is 0 Å². The molecule has 2 rings (SSSR count). The van der Waals surface area contributed by atoms with Gasteiger partial charge >= 0.3 is 5.97 Å². The van der Waals surface area contributed by atoms with Gasteiger partial charge in [0.2, 0.25) is 5.13 Å². The molecule has 1 saturated heterocycles. The topological polar surface area (TPSA) is 109 Å². The highest BCUT2D eigenvalue weighted by atomic mass is 32.2. The number of sulfone groups is 1. The lowest BCUT2D eigenvalue weighted by Crippen LogP contribution is -2.20. The van der Waals surface area contributed by atoms with Gasteiger partial charge in [-0.05, 0) is 6.42 Å². The van der Waals surface area contributed by atoms with Crippen LogP contribution in [0.2, 0.25) is 0 Å². The molecular weight excluding hydrogens is 298 g/mol. The number of thioether (sulfide) groups is 1. The molecule has 1 aliphatic heterocycles. The zero-order valence-corrected chi connectivity index (χ0v) is 11.6. The van der Waals surface area contributed by atoms with Crippen LogP contribution in [-0.4, -0.2) is 53.0 Å². The Balaban J connectivity index is 1.89. The van der Waals surface area contributed by atoms with Gasteiger partial charge in [0.15, 0.2) is 14.2 Å². The predicted molar refractivity (Wildman–Crippen MR) is 69.0 cm³/mol. The number of nitrogens with one attached hydrogen (secondary N) is 1. The third-order valence-electron chi connectivity index (χ3n) is 2.29. The Labute approximate surface area is 112 Å². The molecule has 100 valence electrons. The summed E-state index contributed by atoms with van der Waals surface area (Å²) in [5, 5.41) is 19.7. The Morgan fingerprint density at radius 3 is 2.94 bits per heavy atom.